The van der Waals surface area contributed by atoms with Crippen LogP contribution in [0, 0.1) is 13.8 Å². The summed E-state index contributed by atoms with van der Waals surface area (Å²) in [7, 11) is 0. The molecular weight excluding hydrogens is 314 g/mol. The Morgan fingerprint density at radius 1 is 1.20 bits per heavy atom. The first-order valence-electron chi connectivity index (χ1n) is 9.78. The fourth-order valence-corrected chi connectivity index (χ4v) is 4.47. The topological polar surface area (TPSA) is 45.6 Å². The van der Waals surface area contributed by atoms with Crippen molar-refractivity contribution in [2.75, 3.05) is 19.6 Å². The maximum atomic E-state index is 13.2. The molecule has 0 saturated carbocycles. The van der Waals surface area contributed by atoms with Crippen LogP contribution >= 0.6 is 0 Å². The van der Waals surface area contributed by atoms with Gasteiger partial charge in [0.1, 0.15) is 0 Å². The van der Waals surface area contributed by atoms with Crippen molar-refractivity contribution in [1.29, 1.82) is 0 Å². The van der Waals surface area contributed by atoms with Crippen LogP contribution in [0.3, 0.4) is 0 Å². The van der Waals surface area contributed by atoms with Gasteiger partial charge in [0, 0.05) is 50.0 Å². The van der Waals surface area contributed by atoms with Gasteiger partial charge in [-0.3, -0.25) is 9.59 Å². The maximum absolute atomic E-state index is 13.2. The van der Waals surface area contributed by atoms with Gasteiger partial charge >= 0.3 is 0 Å². The predicted octanol–water partition coefficient (Wildman–Crippen LogP) is 3.13. The zero-order valence-corrected chi connectivity index (χ0v) is 15.9. The fraction of sp³-hybridized carbons (Fsp3) is 0.700. The molecule has 2 aliphatic heterocycles. The molecule has 138 valence electrons. The SMILES string of the molecule is CCn1c(C)cc(C(=O)N2CCCCC2CCN2CCCC2=O)c1C. The predicted molar refractivity (Wildman–Crippen MR) is 98.7 cm³/mol. The molecule has 0 aliphatic carbocycles. The maximum Gasteiger partial charge on any atom is 0.255 e. The van der Waals surface area contributed by atoms with E-state index in [1.807, 2.05) is 17.9 Å². The number of nitrogens with zero attached hydrogens (tertiary/aromatic N) is 3. The molecular formula is C20H31N3O2. The first-order chi connectivity index (χ1) is 12.0. The summed E-state index contributed by atoms with van der Waals surface area (Å²) in [5, 5.41) is 0. The second kappa shape index (κ2) is 7.63. The second-order valence-corrected chi connectivity index (χ2v) is 7.45. The van der Waals surface area contributed by atoms with Crippen LogP contribution in [-0.4, -0.2) is 51.9 Å². The van der Waals surface area contributed by atoms with Crippen LogP contribution < -0.4 is 0 Å². The van der Waals surface area contributed by atoms with Crippen molar-refractivity contribution in [3.63, 3.8) is 0 Å². The van der Waals surface area contributed by atoms with Gasteiger partial charge in [-0.05, 0) is 58.9 Å². The lowest BCUT2D eigenvalue weighted by Crippen LogP contribution is -2.45. The van der Waals surface area contributed by atoms with E-state index >= 15 is 0 Å². The van der Waals surface area contributed by atoms with Gasteiger partial charge in [0.25, 0.3) is 5.91 Å². The van der Waals surface area contributed by atoms with E-state index in [0.29, 0.717) is 6.42 Å². The van der Waals surface area contributed by atoms with Crippen LogP contribution in [0.1, 0.15) is 67.2 Å². The van der Waals surface area contributed by atoms with E-state index in [1.54, 1.807) is 0 Å². The van der Waals surface area contributed by atoms with E-state index in [9.17, 15) is 9.59 Å². The monoisotopic (exact) mass is 345 g/mol. The summed E-state index contributed by atoms with van der Waals surface area (Å²) in [6.45, 7) is 9.65. The average Bonchev–Trinajstić information content (AvgIpc) is 3.15. The Morgan fingerprint density at radius 3 is 2.64 bits per heavy atom. The number of carbonyl (C=O) groups excluding carboxylic acids is 2. The molecule has 1 aromatic rings. The highest BCUT2D eigenvalue weighted by molar-refractivity contribution is 5.96. The molecule has 3 heterocycles. The van der Waals surface area contributed by atoms with Gasteiger partial charge in [-0.2, -0.15) is 0 Å². The zero-order chi connectivity index (χ0) is 18.0. The van der Waals surface area contributed by atoms with Crippen LogP contribution in [0.5, 0.6) is 0 Å². The summed E-state index contributed by atoms with van der Waals surface area (Å²) in [6.07, 6.45) is 5.89. The van der Waals surface area contributed by atoms with Crippen LogP contribution in [-0.2, 0) is 11.3 Å². The van der Waals surface area contributed by atoms with E-state index in [-0.39, 0.29) is 17.9 Å². The molecule has 1 unspecified atom stereocenters. The Labute approximate surface area is 151 Å². The van der Waals surface area contributed by atoms with Crippen molar-refractivity contribution < 1.29 is 9.59 Å². The minimum absolute atomic E-state index is 0.172. The van der Waals surface area contributed by atoms with Crippen molar-refractivity contribution in [2.45, 2.75) is 71.9 Å². The van der Waals surface area contributed by atoms with Crippen molar-refractivity contribution >= 4 is 11.8 Å². The Hall–Kier alpha value is -1.78. The summed E-state index contributed by atoms with van der Waals surface area (Å²) in [4.78, 5) is 29.1. The summed E-state index contributed by atoms with van der Waals surface area (Å²) in [5.41, 5.74) is 3.08. The molecule has 1 atom stereocenters. The summed E-state index contributed by atoms with van der Waals surface area (Å²) in [6, 6.07) is 2.30. The molecule has 2 amide bonds. The molecule has 3 rings (SSSR count). The number of carbonyl (C=O) groups is 2. The Morgan fingerprint density at radius 2 is 2.00 bits per heavy atom. The number of aryl methyl sites for hydroxylation is 1. The van der Waals surface area contributed by atoms with Crippen LogP contribution in [0.25, 0.3) is 0 Å². The average molecular weight is 345 g/mol. The van der Waals surface area contributed by atoms with Crippen LogP contribution in [0.15, 0.2) is 6.07 Å². The smallest absolute Gasteiger partial charge is 0.255 e. The van der Waals surface area contributed by atoms with Gasteiger partial charge in [0.2, 0.25) is 5.91 Å². The molecule has 0 bridgehead atoms. The second-order valence-electron chi connectivity index (χ2n) is 7.45. The molecule has 2 aliphatic rings. The van der Waals surface area contributed by atoms with E-state index in [2.05, 4.69) is 23.3 Å². The van der Waals surface area contributed by atoms with E-state index in [1.165, 1.54) is 6.42 Å². The summed E-state index contributed by atoms with van der Waals surface area (Å²) >= 11 is 0. The van der Waals surface area contributed by atoms with E-state index in [0.717, 1.165) is 68.8 Å². The van der Waals surface area contributed by atoms with E-state index < -0.39 is 0 Å². The molecule has 2 fully saturated rings. The third kappa shape index (κ3) is 3.60. The molecule has 0 aromatic carbocycles. The van der Waals surface area contributed by atoms with E-state index in [4.69, 9.17) is 0 Å². The lowest BCUT2D eigenvalue weighted by molar-refractivity contribution is -0.127. The van der Waals surface area contributed by atoms with Crippen molar-refractivity contribution in [2.24, 2.45) is 0 Å². The van der Waals surface area contributed by atoms with Crippen LogP contribution in [0.4, 0.5) is 0 Å². The third-order valence-electron chi connectivity index (χ3n) is 5.91. The molecule has 2 saturated heterocycles. The first kappa shape index (κ1) is 18.0. The molecule has 5 nitrogen and oxygen atoms in total. The van der Waals surface area contributed by atoms with Gasteiger partial charge in [-0.1, -0.05) is 0 Å². The highest BCUT2D eigenvalue weighted by Crippen LogP contribution is 2.25. The van der Waals surface area contributed by atoms with Gasteiger partial charge in [0.05, 0.1) is 5.56 Å². The van der Waals surface area contributed by atoms with Crippen molar-refractivity contribution in [3.8, 4) is 0 Å². The standard InChI is InChI=1S/C20H31N3O2/c1-4-22-15(2)14-18(16(22)3)20(25)23-12-6-5-8-17(23)10-13-21-11-7-9-19(21)24/h14,17H,4-13H2,1-3H3. The minimum atomic E-state index is 0.172. The van der Waals surface area contributed by atoms with Crippen molar-refractivity contribution in [1.82, 2.24) is 14.4 Å². The zero-order valence-electron chi connectivity index (χ0n) is 15.9. The molecule has 0 spiro atoms. The van der Waals surface area contributed by atoms with Gasteiger partial charge < -0.3 is 14.4 Å². The molecule has 0 radical (unpaired) electrons. The molecule has 0 N–H and O–H groups in total. The van der Waals surface area contributed by atoms with Gasteiger partial charge in [-0.25, -0.2) is 0 Å². The van der Waals surface area contributed by atoms with Gasteiger partial charge in [-0.15, -0.1) is 0 Å². The number of rotatable bonds is 5. The number of amides is 2. The molecule has 25 heavy (non-hydrogen) atoms. The normalized spacial score (nSPS) is 21.2. The Balaban J connectivity index is 1.71. The molecule has 5 heteroatoms. The van der Waals surface area contributed by atoms with Crippen LogP contribution in [0.2, 0.25) is 0 Å². The molecule has 1 aromatic heterocycles. The number of aromatic nitrogens is 1. The highest BCUT2D eigenvalue weighted by atomic mass is 16.2. The Kier molecular flexibility index (Phi) is 5.50. The fourth-order valence-electron chi connectivity index (χ4n) is 4.47. The van der Waals surface area contributed by atoms with Gasteiger partial charge in [0.15, 0.2) is 0 Å². The minimum Gasteiger partial charge on any atom is -0.349 e. The number of hydrogen-bond acceptors (Lipinski definition) is 2. The lowest BCUT2D eigenvalue weighted by atomic mass is 9.98. The number of likely N-dealkylation sites (tertiary alicyclic amines) is 2. The first-order valence-corrected chi connectivity index (χ1v) is 9.78. The highest BCUT2D eigenvalue weighted by Gasteiger charge is 2.30. The van der Waals surface area contributed by atoms with Crippen molar-refractivity contribution in [3.05, 3.63) is 23.0 Å². The Bertz CT molecular complexity index is 650. The summed E-state index contributed by atoms with van der Waals surface area (Å²) in [5.74, 6) is 0.449. The quantitative estimate of drug-likeness (QED) is 0.823. The third-order valence-corrected chi connectivity index (χ3v) is 5.91. The lowest BCUT2D eigenvalue weighted by Gasteiger charge is -2.36. The number of piperidine rings is 1. The largest absolute Gasteiger partial charge is 0.349 e. The number of hydrogen-bond donors (Lipinski definition) is 0. The summed E-state index contributed by atoms with van der Waals surface area (Å²) < 4.78 is 2.20.